The Morgan fingerprint density at radius 1 is 1.23 bits per heavy atom. The second-order valence-electron chi connectivity index (χ2n) is 5.46. The van der Waals surface area contributed by atoms with Gasteiger partial charge in [0.05, 0.1) is 7.11 Å². The summed E-state index contributed by atoms with van der Waals surface area (Å²) in [4.78, 5) is 0. The van der Waals surface area contributed by atoms with E-state index in [4.69, 9.17) is 16.3 Å². The Morgan fingerprint density at radius 3 is 2.69 bits per heavy atom. The number of hydrogen-bond donors (Lipinski definition) is 0. The monoisotopic (exact) mass is 389 g/mol. The van der Waals surface area contributed by atoms with Crippen LogP contribution in [0.15, 0.2) is 60.3 Å². The summed E-state index contributed by atoms with van der Waals surface area (Å²) in [5.74, 6) is 1.59. The maximum Gasteiger partial charge on any atom is 0.192 e. The number of thioether (sulfide) groups is 1. The highest BCUT2D eigenvalue weighted by Crippen LogP contribution is 2.30. The van der Waals surface area contributed by atoms with Gasteiger partial charge >= 0.3 is 0 Å². The van der Waals surface area contributed by atoms with Crippen molar-refractivity contribution < 1.29 is 9.13 Å². The fourth-order valence-corrected chi connectivity index (χ4v) is 3.56. The number of methoxy groups -OCH3 is 1. The molecule has 0 aliphatic rings. The lowest BCUT2D eigenvalue weighted by atomic mass is 10.2. The van der Waals surface area contributed by atoms with Crippen LogP contribution >= 0.6 is 23.4 Å². The van der Waals surface area contributed by atoms with Crippen molar-refractivity contribution in [1.82, 2.24) is 14.8 Å². The van der Waals surface area contributed by atoms with E-state index in [0.29, 0.717) is 23.1 Å². The fourth-order valence-electron chi connectivity index (χ4n) is 2.50. The van der Waals surface area contributed by atoms with Crippen molar-refractivity contribution in [3.05, 3.63) is 71.5 Å². The number of halogens is 2. The highest BCUT2D eigenvalue weighted by Gasteiger charge is 2.15. The molecule has 3 aromatic rings. The van der Waals surface area contributed by atoms with E-state index in [2.05, 4.69) is 16.8 Å². The predicted molar refractivity (Wildman–Crippen MR) is 103 cm³/mol. The lowest BCUT2D eigenvalue weighted by molar-refractivity contribution is 0.410. The van der Waals surface area contributed by atoms with Crippen molar-refractivity contribution in [1.29, 1.82) is 0 Å². The zero-order valence-electron chi connectivity index (χ0n) is 14.2. The summed E-state index contributed by atoms with van der Waals surface area (Å²) < 4.78 is 20.8. The molecule has 0 aliphatic carbocycles. The van der Waals surface area contributed by atoms with Crippen LogP contribution in [0.1, 0.15) is 5.56 Å². The van der Waals surface area contributed by atoms with Crippen LogP contribution in [0.4, 0.5) is 4.39 Å². The maximum atomic E-state index is 13.5. The molecule has 134 valence electrons. The Bertz CT molecular complexity index is 912. The highest BCUT2D eigenvalue weighted by atomic mass is 35.5. The van der Waals surface area contributed by atoms with Gasteiger partial charge < -0.3 is 4.74 Å². The van der Waals surface area contributed by atoms with Gasteiger partial charge in [-0.3, -0.25) is 4.57 Å². The molecule has 4 nitrogen and oxygen atoms in total. The van der Waals surface area contributed by atoms with E-state index in [1.54, 1.807) is 19.3 Å². The second-order valence-corrected chi connectivity index (χ2v) is 6.84. The number of aromatic nitrogens is 3. The summed E-state index contributed by atoms with van der Waals surface area (Å²) >= 11 is 7.42. The molecule has 0 amide bonds. The van der Waals surface area contributed by atoms with E-state index in [1.165, 1.54) is 23.9 Å². The molecule has 0 fully saturated rings. The Balaban J connectivity index is 1.88. The summed E-state index contributed by atoms with van der Waals surface area (Å²) in [6, 6.07) is 11.9. The Morgan fingerprint density at radius 2 is 2.00 bits per heavy atom. The minimum atomic E-state index is -0.296. The fraction of sp³-hybridized carbons (Fsp3) is 0.158. The molecule has 0 N–H and O–H groups in total. The van der Waals surface area contributed by atoms with Gasteiger partial charge in [-0.05, 0) is 42.5 Å². The molecule has 0 saturated heterocycles. The minimum absolute atomic E-state index is 0.296. The van der Waals surface area contributed by atoms with E-state index in [1.807, 2.05) is 28.8 Å². The molecule has 2 aromatic carbocycles. The van der Waals surface area contributed by atoms with Crippen molar-refractivity contribution >= 4 is 23.4 Å². The quantitative estimate of drug-likeness (QED) is 0.410. The van der Waals surface area contributed by atoms with Gasteiger partial charge in [-0.1, -0.05) is 29.4 Å². The van der Waals surface area contributed by atoms with E-state index in [9.17, 15) is 4.39 Å². The van der Waals surface area contributed by atoms with Gasteiger partial charge in [0, 0.05) is 28.4 Å². The molecule has 0 spiro atoms. The Hall–Kier alpha value is -2.31. The van der Waals surface area contributed by atoms with Crippen LogP contribution in [0, 0.1) is 5.82 Å². The first-order valence-corrected chi connectivity index (χ1v) is 9.24. The summed E-state index contributed by atoms with van der Waals surface area (Å²) in [5.41, 5.74) is 1.68. The third-order valence-corrected chi connectivity index (χ3v) is 5.00. The predicted octanol–water partition coefficient (Wildman–Crippen LogP) is 5.22. The lowest BCUT2D eigenvalue weighted by Crippen LogP contribution is -2.01. The van der Waals surface area contributed by atoms with Crippen LogP contribution in [0.25, 0.3) is 11.4 Å². The molecule has 3 rings (SSSR count). The normalized spacial score (nSPS) is 10.7. The van der Waals surface area contributed by atoms with Crippen molar-refractivity contribution in [2.75, 3.05) is 7.11 Å². The molecule has 0 atom stereocenters. The van der Waals surface area contributed by atoms with Crippen LogP contribution in [-0.4, -0.2) is 21.9 Å². The molecule has 0 aliphatic heterocycles. The maximum absolute atomic E-state index is 13.5. The molecule has 0 saturated carbocycles. The standard InChI is InChI=1S/C19H17ClFN3OS/c1-3-10-24-18(13-4-6-15(20)7-5-13)22-23-19(24)26-12-14-11-16(21)8-9-17(14)25-2/h3-9,11H,1,10,12H2,2H3. The first kappa shape index (κ1) is 18.5. The van der Waals surface area contributed by atoms with E-state index in [-0.39, 0.29) is 5.82 Å². The van der Waals surface area contributed by atoms with Crippen molar-refractivity contribution in [3.8, 4) is 17.1 Å². The van der Waals surface area contributed by atoms with Gasteiger partial charge in [-0.2, -0.15) is 0 Å². The van der Waals surface area contributed by atoms with E-state index < -0.39 is 0 Å². The van der Waals surface area contributed by atoms with E-state index in [0.717, 1.165) is 22.1 Å². The summed E-state index contributed by atoms with van der Waals surface area (Å²) in [7, 11) is 1.57. The van der Waals surface area contributed by atoms with Gasteiger partial charge in [0.2, 0.25) is 0 Å². The van der Waals surface area contributed by atoms with Crippen LogP contribution < -0.4 is 4.74 Å². The third-order valence-electron chi connectivity index (χ3n) is 3.73. The minimum Gasteiger partial charge on any atom is -0.496 e. The molecular weight excluding hydrogens is 373 g/mol. The smallest absolute Gasteiger partial charge is 0.192 e. The van der Waals surface area contributed by atoms with Gasteiger partial charge in [0.15, 0.2) is 11.0 Å². The summed E-state index contributed by atoms with van der Waals surface area (Å²) in [6.07, 6.45) is 1.79. The van der Waals surface area contributed by atoms with Crippen molar-refractivity contribution in [2.24, 2.45) is 0 Å². The van der Waals surface area contributed by atoms with Gasteiger partial charge in [0.25, 0.3) is 0 Å². The average Bonchev–Trinajstić information content (AvgIpc) is 3.04. The first-order valence-electron chi connectivity index (χ1n) is 7.87. The Kier molecular flexibility index (Phi) is 5.96. The second kappa shape index (κ2) is 8.38. The number of ether oxygens (including phenoxy) is 1. The molecule has 0 radical (unpaired) electrons. The largest absolute Gasteiger partial charge is 0.496 e. The zero-order valence-corrected chi connectivity index (χ0v) is 15.7. The topological polar surface area (TPSA) is 39.9 Å². The number of allylic oxidation sites excluding steroid dienone is 1. The average molecular weight is 390 g/mol. The highest BCUT2D eigenvalue weighted by molar-refractivity contribution is 7.98. The van der Waals surface area contributed by atoms with E-state index >= 15 is 0 Å². The number of benzene rings is 2. The third kappa shape index (κ3) is 4.08. The lowest BCUT2D eigenvalue weighted by Gasteiger charge is -2.10. The summed E-state index contributed by atoms with van der Waals surface area (Å²) in [6.45, 7) is 4.37. The number of rotatable bonds is 7. The summed E-state index contributed by atoms with van der Waals surface area (Å²) in [5, 5.41) is 9.98. The van der Waals surface area contributed by atoms with Crippen LogP contribution in [0.2, 0.25) is 5.02 Å². The molecule has 26 heavy (non-hydrogen) atoms. The molecule has 1 heterocycles. The zero-order chi connectivity index (χ0) is 18.5. The van der Waals surface area contributed by atoms with Gasteiger partial charge in [0.1, 0.15) is 11.6 Å². The van der Waals surface area contributed by atoms with Crippen molar-refractivity contribution in [2.45, 2.75) is 17.5 Å². The molecule has 0 bridgehead atoms. The number of hydrogen-bond acceptors (Lipinski definition) is 4. The number of nitrogens with zero attached hydrogens (tertiary/aromatic N) is 3. The molecular formula is C19H17ClFN3OS. The van der Waals surface area contributed by atoms with Gasteiger partial charge in [-0.15, -0.1) is 16.8 Å². The Labute approximate surface area is 160 Å². The molecule has 7 heteroatoms. The molecule has 0 unspecified atom stereocenters. The van der Waals surface area contributed by atoms with Crippen LogP contribution in [0.5, 0.6) is 5.75 Å². The van der Waals surface area contributed by atoms with Crippen LogP contribution in [0.3, 0.4) is 0 Å². The SMILES string of the molecule is C=CCn1c(SCc2cc(F)ccc2OC)nnc1-c1ccc(Cl)cc1. The molecule has 1 aromatic heterocycles. The van der Waals surface area contributed by atoms with Crippen molar-refractivity contribution in [3.63, 3.8) is 0 Å². The first-order chi connectivity index (χ1) is 12.6. The van der Waals surface area contributed by atoms with Crippen LogP contribution in [-0.2, 0) is 12.3 Å². The van der Waals surface area contributed by atoms with Gasteiger partial charge in [-0.25, -0.2) is 4.39 Å².